The molecule has 0 saturated carbocycles. The van der Waals surface area contributed by atoms with Crippen molar-refractivity contribution in [2.75, 3.05) is 19.5 Å². The molecule has 2 heterocycles. The number of ether oxygens (including phenoxy) is 2. The van der Waals surface area contributed by atoms with Gasteiger partial charge in [0.25, 0.3) is 0 Å². The van der Waals surface area contributed by atoms with Crippen LogP contribution in [0.1, 0.15) is 11.1 Å². The molecule has 2 aromatic heterocycles. The predicted octanol–water partition coefficient (Wildman–Crippen LogP) is 3.79. The fourth-order valence-electron chi connectivity index (χ4n) is 3.73. The first-order valence-electron chi connectivity index (χ1n) is 9.45. The lowest BCUT2D eigenvalue weighted by atomic mass is 10.0. The van der Waals surface area contributed by atoms with Gasteiger partial charge >= 0.3 is 5.63 Å². The van der Waals surface area contributed by atoms with Crippen LogP contribution in [-0.2, 0) is 18.3 Å². The zero-order chi connectivity index (χ0) is 21.4. The highest BCUT2D eigenvalue weighted by molar-refractivity contribution is 6.02. The van der Waals surface area contributed by atoms with Crippen LogP contribution in [0.15, 0.2) is 51.8 Å². The van der Waals surface area contributed by atoms with Crippen molar-refractivity contribution in [1.82, 2.24) is 4.57 Å². The summed E-state index contributed by atoms with van der Waals surface area (Å²) < 4.78 is 18.2. The molecule has 0 aliphatic carbocycles. The van der Waals surface area contributed by atoms with Crippen LogP contribution in [-0.4, -0.2) is 24.7 Å². The second-order valence-electron chi connectivity index (χ2n) is 7.09. The molecule has 0 fully saturated rings. The van der Waals surface area contributed by atoms with Crippen molar-refractivity contribution < 1.29 is 18.7 Å². The van der Waals surface area contributed by atoms with Crippen LogP contribution in [0, 0.1) is 6.92 Å². The van der Waals surface area contributed by atoms with Crippen LogP contribution >= 0.6 is 0 Å². The average molecular weight is 406 g/mol. The second kappa shape index (κ2) is 7.59. The van der Waals surface area contributed by atoms with Crippen LogP contribution in [0.5, 0.6) is 11.5 Å². The number of hydrogen-bond donors (Lipinski definition) is 1. The van der Waals surface area contributed by atoms with Crippen LogP contribution in [0.4, 0.5) is 5.69 Å². The molecule has 0 atom stereocenters. The molecule has 1 N–H and O–H groups in total. The fraction of sp³-hybridized carbons (Fsp3) is 0.217. The van der Waals surface area contributed by atoms with E-state index in [0.29, 0.717) is 39.3 Å². The van der Waals surface area contributed by atoms with Gasteiger partial charge in [-0.3, -0.25) is 4.79 Å². The Hall–Kier alpha value is -3.74. The topological polar surface area (TPSA) is 82.7 Å². The molecule has 7 nitrogen and oxygen atoms in total. The lowest BCUT2D eigenvalue weighted by Gasteiger charge is -2.13. The Morgan fingerprint density at radius 2 is 1.97 bits per heavy atom. The maximum atomic E-state index is 12.8. The summed E-state index contributed by atoms with van der Waals surface area (Å²) in [6.07, 6.45) is 1.82. The van der Waals surface area contributed by atoms with Crippen molar-refractivity contribution in [3.63, 3.8) is 0 Å². The zero-order valence-corrected chi connectivity index (χ0v) is 17.2. The normalized spacial score (nSPS) is 11.1. The van der Waals surface area contributed by atoms with E-state index in [-0.39, 0.29) is 12.3 Å². The highest BCUT2D eigenvalue weighted by Gasteiger charge is 2.19. The third-order valence-electron chi connectivity index (χ3n) is 5.31. The maximum Gasteiger partial charge on any atom is 0.340 e. The number of carbonyl (C=O) groups is 1. The minimum atomic E-state index is -0.552. The molecule has 0 saturated heterocycles. The summed E-state index contributed by atoms with van der Waals surface area (Å²) in [6, 6.07) is 11.0. The number of benzene rings is 2. The molecule has 154 valence electrons. The predicted molar refractivity (Wildman–Crippen MR) is 116 cm³/mol. The summed E-state index contributed by atoms with van der Waals surface area (Å²) in [5, 5.41) is 4.49. The lowest BCUT2D eigenvalue weighted by Crippen LogP contribution is -2.20. The summed E-state index contributed by atoms with van der Waals surface area (Å²) in [7, 11) is 5.00. The molecule has 4 rings (SSSR count). The molecule has 30 heavy (non-hydrogen) atoms. The molecule has 0 spiro atoms. The summed E-state index contributed by atoms with van der Waals surface area (Å²) in [6.45, 7) is 1.79. The Balaban J connectivity index is 1.71. The molecular weight excluding hydrogens is 384 g/mol. The summed E-state index contributed by atoms with van der Waals surface area (Å²) in [5.41, 5.74) is 2.45. The molecule has 0 unspecified atom stereocenters. The minimum Gasteiger partial charge on any atom is -0.496 e. The molecule has 4 aromatic rings. The molecule has 2 aromatic carbocycles. The number of anilines is 1. The molecule has 7 heteroatoms. The van der Waals surface area contributed by atoms with Crippen molar-refractivity contribution >= 4 is 33.5 Å². The Labute approximate surface area is 172 Å². The Kier molecular flexibility index (Phi) is 4.95. The van der Waals surface area contributed by atoms with Crippen LogP contribution in [0.3, 0.4) is 0 Å². The molecule has 0 aliphatic rings. The van der Waals surface area contributed by atoms with Gasteiger partial charge in [0.2, 0.25) is 5.91 Å². The Bertz CT molecular complexity index is 1330. The van der Waals surface area contributed by atoms with Gasteiger partial charge in [-0.25, -0.2) is 4.79 Å². The zero-order valence-electron chi connectivity index (χ0n) is 17.2. The summed E-state index contributed by atoms with van der Waals surface area (Å²) in [5.74, 6) is 0.734. The lowest BCUT2D eigenvalue weighted by molar-refractivity contribution is -0.115. The van der Waals surface area contributed by atoms with Gasteiger partial charge in [-0.15, -0.1) is 0 Å². The minimum absolute atomic E-state index is 0.109. The first kappa shape index (κ1) is 19.6. The van der Waals surface area contributed by atoms with Gasteiger partial charge in [0, 0.05) is 36.3 Å². The van der Waals surface area contributed by atoms with Gasteiger partial charge in [0.1, 0.15) is 17.1 Å². The molecule has 1 amide bonds. The van der Waals surface area contributed by atoms with E-state index in [4.69, 9.17) is 13.9 Å². The van der Waals surface area contributed by atoms with Crippen LogP contribution < -0.4 is 20.4 Å². The van der Waals surface area contributed by atoms with Gasteiger partial charge in [-0.1, -0.05) is 6.07 Å². The Morgan fingerprint density at radius 3 is 2.70 bits per heavy atom. The van der Waals surface area contributed by atoms with E-state index >= 15 is 0 Å². The van der Waals surface area contributed by atoms with E-state index in [9.17, 15) is 9.59 Å². The molecule has 0 radical (unpaired) electrons. The van der Waals surface area contributed by atoms with E-state index in [1.54, 1.807) is 19.1 Å². The third kappa shape index (κ3) is 3.28. The number of carbonyl (C=O) groups excluding carboxylic acids is 1. The largest absolute Gasteiger partial charge is 0.496 e. The van der Waals surface area contributed by atoms with Gasteiger partial charge in [0.05, 0.1) is 37.3 Å². The molecular formula is C23H22N2O5. The van der Waals surface area contributed by atoms with Gasteiger partial charge in [-0.05, 0) is 30.7 Å². The van der Waals surface area contributed by atoms with E-state index in [1.165, 1.54) is 14.2 Å². The number of nitrogens with one attached hydrogen (secondary N) is 1. The van der Waals surface area contributed by atoms with E-state index in [0.717, 1.165) is 10.9 Å². The van der Waals surface area contributed by atoms with E-state index in [2.05, 4.69) is 5.32 Å². The molecule has 0 bridgehead atoms. The quantitative estimate of drug-likeness (QED) is 0.510. The number of aromatic nitrogens is 1. The van der Waals surface area contributed by atoms with Crippen LogP contribution in [0.25, 0.3) is 21.9 Å². The number of methoxy groups -OCH3 is 2. The highest BCUT2D eigenvalue weighted by atomic mass is 16.5. The molecule has 0 aliphatic heterocycles. The SMILES string of the molecule is COc1cc(OC)c2c(C)c(CC(=O)Nc3cccc4c3ccn4C)c(=O)oc2c1. The van der Waals surface area contributed by atoms with Crippen LogP contribution in [0.2, 0.25) is 0 Å². The standard InChI is InChI=1S/C23H22N2O5/c1-13-16(23(27)30-20-11-14(28-3)10-19(29-4)22(13)20)12-21(26)24-17-6-5-7-18-15(17)8-9-25(18)2/h5-11H,12H2,1-4H3,(H,24,26). The van der Waals surface area contributed by atoms with Crippen molar-refractivity contribution in [2.45, 2.75) is 13.3 Å². The third-order valence-corrected chi connectivity index (χ3v) is 5.31. The van der Waals surface area contributed by atoms with Crippen molar-refractivity contribution in [2.24, 2.45) is 7.05 Å². The van der Waals surface area contributed by atoms with E-state index in [1.807, 2.05) is 42.1 Å². The average Bonchev–Trinajstić information content (AvgIpc) is 3.12. The monoisotopic (exact) mass is 406 g/mol. The first-order valence-corrected chi connectivity index (χ1v) is 9.45. The highest BCUT2D eigenvalue weighted by Crippen LogP contribution is 2.34. The number of rotatable bonds is 5. The first-order chi connectivity index (χ1) is 14.4. The van der Waals surface area contributed by atoms with Crippen molar-refractivity contribution in [1.29, 1.82) is 0 Å². The Morgan fingerprint density at radius 1 is 1.17 bits per heavy atom. The fourth-order valence-corrected chi connectivity index (χ4v) is 3.73. The van der Waals surface area contributed by atoms with Gasteiger partial charge < -0.3 is 23.8 Å². The van der Waals surface area contributed by atoms with Crippen molar-refractivity contribution in [3.8, 4) is 11.5 Å². The number of amides is 1. The number of hydrogen-bond acceptors (Lipinski definition) is 5. The second-order valence-corrected chi connectivity index (χ2v) is 7.09. The number of nitrogens with zero attached hydrogens (tertiary/aromatic N) is 1. The number of aryl methyl sites for hydroxylation is 2. The smallest absolute Gasteiger partial charge is 0.340 e. The summed E-state index contributed by atoms with van der Waals surface area (Å²) >= 11 is 0. The van der Waals surface area contributed by atoms with Gasteiger partial charge in [-0.2, -0.15) is 0 Å². The summed E-state index contributed by atoms with van der Waals surface area (Å²) in [4.78, 5) is 25.4. The van der Waals surface area contributed by atoms with Crippen molar-refractivity contribution in [3.05, 3.63) is 64.1 Å². The van der Waals surface area contributed by atoms with Gasteiger partial charge in [0.15, 0.2) is 0 Å². The number of fused-ring (bicyclic) bond motifs is 2. The van der Waals surface area contributed by atoms with E-state index < -0.39 is 5.63 Å². The maximum absolute atomic E-state index is 12.8.